The molecule has 0 spiro atoms. The molecular weight excluding hydrogens is 380 g/mol. The average Bonchev–Trinajstić information content (AvgIpc) is 3.03. The van der Waals surface area contributed by atoms with E-state index in [-0.39, 0.29) is 41.7 Å². The minimum atomic E-state index is -1.54. The summed E-state index contributed by atoms with van der Waals surface area (Å²) in [5.74, 6) is -4.40. The maximum Gasteiger partial charge on any atom is 0.320 e. The van der Waals surface area contributed by atoms with Gasteiger partial charge in [0.05, 0.1) is 23.3 Å². The molecular formula is C21H16O8. The van der Waals surface area contributed by atoms with E-state index in [0.717, 1.165) is 6.07 Å². The van der Waals surface area contributed by atoms with Gasteiger partial charge in [-0.2, -0.15) is 0 Å². The number of aromatic hydroxyl groups is 3. The van der Waals surface area contributed by atoms with Crippen molar-refractivity contribution in [1.82, 2.24) is 0 Å². The number of ketones is 3. The van der Waals surface area contributed by atoms with Crippen LogP contribution in [0.5, 0.6) is 17.2 Å². The summed E-state index contributed by atoms with van der Waals surface area (Å²) in [6.45, 7) is 1.26. The van der Waals surface area contributed by atoms with Crippen LogP contribution < -0.4 is 0 Å². The average molecular weight is 396 g/mol. The fourth-order valence-electron chi connectivity index (χ4n) is 4.01. The predicted octanol–water partition coefficient (Wildman–Crippen LogP) is 1.64. The van der Waals surface area contributed by atoms with Crippen LogP contribution in [0, 0.1) is 5.41 Å². The van der Waals surface area contributed by atoms with Gasteiger partial charge in [-0.1, -0.05) is 12.1 Å². The zero-order chi connectivity index (χ0) is 21.1. The van der Waals surface area contributed by atoms with E-state index < -0.39 is 51.5 Å². The molecule has 2 aromatic carbocycles. The first-order valence-corrected chi connectivity index (χ1v) is 8.86. The van der Waals surface area contributed by atoms with Crippen LogP contribution in [0.15, 0.2) is 24.3 Å². The lowest BCUT2D eigenvalue weighted by atomic mass is 9.75. The van der Waals surface area contributed by atoms with Gasteiger partial charge < -0.3 is 20.1 Å². The van der Waals surface area contributed by atoms with Crippen LogP contribution in [0.4, 0.5) is 0 Å². The quantitative estimate of drug-likeness (QED) is 0.345. The number of ether oxygens (including phenoxy) is 1. The molecule has 3 N–H and O–H groups in total. The Labute approximate surface area is 164 Å². The molecule has 1 atom stereocenters. The zero-order valence-corrected chi connectivity index (χ0v) is 15.3. The summed E-state index contributed by atoms with van der Waals surface area (Å²) in [7, 11) is 0. The number of rotatable bonds is 3. The van der Waals surface area contributed by atoms with Crippen LogP contribution in [-0.4, -0.2) is 45.2 Å². The highest BCUT2D eigenvalue weighted by Crippen LogP contribution is 2.45. The van der Waals surface area contributed by atoms with Crippen LogP contribution >= 0.6 is 0 Å². The molecule has 1 heterocycles. The van der Waals surface area contributed by atoms with Gasteiger partial charge in [-0.25, -0.2) is 0 Å². The van der Waals surface area contributed by atoms with Crippen molar-refractivity contribution in [3.05, 3.63) is 52.1 Å². The number of Topliss-reactive ketones (excluding diaryl/α,β-unsaturated/α-hetero) is 1. The monoisotopic (exact) mass is 396 g/mol. The molecule has 0 aromatic heterocycles. The topological polar surface area (TPSA) is 138 Å². The third kappa shape index (κ3) is 2.45. The van der Waals surface area contributed by atoms with Crippen molar-refractivity contribution in [3.63, 3.8) is 0 Å². The summed E-state index contributed by atoms with van der Waals surface area (Å²) in [6, 6.07) is 5.03. The van der Waals surface area contributed by atoms with Crippen molar-refractivity contribution < 1.29 is 39.2 Å². The largest absolute Gasteiger partial charge is 0.507 e. The number of esters is 1. The van der Waals surface area contributed by atoms with Gasteiger partial charge in [0.1, 0.15) is 28.4 Å². The van der Waals surface area contributed by atoms with Gasteiger partial charge in [0.2, 0.25) is 5.78 Å². The summed E-state index contributed by atoms with van der Waals surface area (Å²) in [5.41, 5.74) is -2.82. The van der Waals surface area contributed by atoms with Crippen LogP contribution in [0.2, 0.25) is 0 Å². The molecule has 1 unspecified atom stereocenters. The molecule has 29 heavy (non-hydrogen) atoms. The lowest BCUT2D eigenvalue weighted by Crippen LogP contribution is -2.36. The number of fused-ring (bicyclic) bond motifs is 2. The molecule has 0 amide bonds. The number of carbonyl (C=O) groups is 4. The number of phenols is 3. The molecule has 1 fully saturated rings. The minimum Gasteiger partial charge on any atom is -0.507 e. The fraction of sp³-hybridized carbons (Fsp3) is 0.238. The van der Waals surface area contributed by atoms with E-state index in [1.807, 2.05) is 0 Å². The number of phenolic OH excluding ortho intramolecular Hbond substituents is 3. The number of hydrogen-bond donors (Lipinski definition) is 3. The highest BCUT2D eigenvalue weighted by molar-refractivity contribution is 6.31. The van der Waals surface area contributed by atoms with E-state index in [0.29, 0.717) is 0 Å². The van der Waals surface area contributed by atoms with E-state index in [1.54, 1.807) is 0 Å². The third-order valence-electron chi connectivity index (χ3n) is 5.65. The SMILES string of the molecule is CC(=O)C1(Cc2cc(O)c3c(c2O)C(=O)c2c(O)cccc2C3=O)CCOC1=O. The smallest absolute Gasteiger partial charge is 0.320 e. The van der Waals surface area contributed by atoms with Gasteiger partial charge in [-0.15, -0.1) is 0 Å². The number of hydrogen-bond acceptors (Lipinski definition) is 8. The van der Waals surface area contributed by atoms with Crippen molar-refractivity contribution in [3.8, 4) is 17.2 Å². The molecule has 1 aliphatic carbocycles. The standard InChI is InChI=1S/C21H16O8/c1-9(22)21(5-6-29-20(21)28)8-10-7-13(24)15-16(17(10)25)19(27)14-11(18(15)26)3-2-4-12(14)23/h2-4,7,23-25H,5-6,8H2,1H3. The Morgan fingerprint density at radius 3 is 2.38 bits per heavy atom. The lowest BCUT2D eigenvalue weighted by Gasteiger charge is -2.25. The Kier molecular flexibility index (Phi) is 3.97. The Bertz CT molecular complexity index is 1130. The number of benzene rings is 2. The van der Waals surface area contributed by atoms with Crippen molar-refractivity contribution in [2.75, 3.05) is 6.61 Å². The molecule has 2 aliphatic rings. The Morgan fingerprint density at radius 2 is 1.76 bits per heavy atom. The van der Waals surface area contributed by atoms with Crippen molar-refractivity contribution in [2.45, 2.75) is 19.8 Å². The van der Waals surface area contributed by atoms with Crippen LogP contribution in [0.3, 0.4) is 0 Å². The molecule has 0 bridgehead atoms. The van der Waals surface area contributed by atoms with Gasteiger partial charge in [0.25, 0.3) is 0 Å². The number of carbonyl (C=O) groups excluding carboxylic acids is 4. The Morgan fingerprint density at radius 1 is 1.03 bits per heavy atom. The van der Waals surface area contributed by atoms with Gasteiger partial charge in [0.15, 0.2) is 5.78 Å². The second-order valence-corrected chi connectivity index (χ2v) is 7.21. The maximum absolute atomic E-state index is 13.0. The van der Waals surface area contributed by atoms with E-state index in [9.17, 15) is 34.5 Å². The van der Waals surface area contributed by atoms with E-state index in [4.69, 9.17) is 4.74 Å². The van der Waals surface area contributed by atoms with Crippen molar-refractivity contribution in [2.24, 2.45) is 5.41 Å². The normalized spacial score (nSPS) is 20.2. The van der Waals surface area contributed by atoms with Crippen molar-refractivity contribution in [1.29, 1.82) is 0 Å². The molecule has 4 rings (SSSR count). The Hall–Kier alpha value is -3.68. The molecule has 8 nitrogen and oxygen atoms in total. The van der Waals surface area contributed by atoms with E-state index in [1.165, 1.54) is 25.1 Å². The summed E-state index contributed by atoms with van der Waals surface area (Å²) in [5, 5.41) is 31.3. The molecule has 2 aromatic rings. The van der Waals surface area contributed by atoms with Gasteiger partial charge in [-0.3, -0.25) is 19.2 Å². The van der Waals surface area contributed by atoms with Gasteiger partial charge >= 0.3 is 5.97 Å². The second-order valence-electron chi connectivity index (χ2n) is 7.21. The number of cyclic esters (lactones) is 1. The first-order chi connectivity index (χ1) is 13.7. The predicted molar refractivity (Wildman–Crippen MR) is 97.1 cm³/mol. The molecule has 148 valence electrons. The maximum atomic E-state index is 13.0. The summed E-state index contributed by atoms with van der Waals surface area (Å²) in [4.78, 5) is 50.2. The van der Waals surface area contributed by atoms with Gasteiger partial charge in [-0.05, 0) is 31.0 Å². The van der Waals surface area contributed by atoms with Crippen LogP contribution in [0.25, 0.3) is 0 Å². The first kappa shape index (κ1) is 18.7. The third-order valence-corrected chi connectivity index (χ3v) is 5.65. The molecule has 0 radical (unpaired) electrons. The fourth-order valence-corrected chi connectivity index (χ4v) is 4.01. The molecule has 1 aliphatic heterocycles. The summed E-state index contributed by atoms with van der Waals surface area (Å²) >= 11 is 0. The van der Waals surface area contributed by atoms with E-state index in [2.05, 4.69) is 0 Å². The summed E-state index contributed by atoms with van der Waals surface area (Å²) < 4.78 is 4.93. The van der Waals surface area contributed by atoms with Gasteiger partial charge in [0, 0.05) is 12.0 Å². The highest BCUT2D eigenvalue weighted by atomic mass is 16.5. The lowest BCUT2D eigenvalue weighted by molar-refractivity contribution is -0.150. The minimum absolute atomic E-state index is 0.0365. The molecule has 8 heteroatoms. The highest BCUT2D eigenvalue weighted by Gasteiger charge is 2.50. The van der Waals surface area contributed by atoms with Crippen LogP contribution in [-0.2, 0) is 20.7 Å². The van der Waals surface area contributed by atoms with E-state index >= 15 is 0 Å². The second kappa shape index (κ2) is 6.16. The van der Waals surface area contributed by atoms with Crippen LogP contribution in [0.1, 0.15) is 50.8 Å². The zero-order valence-electron chi connectivity index (χ0n) is 15.3. The molecule has 0 saturated carbocycles. The Balaban J connectivity index is 1.91. The summed E-state index contributed by atoms with van der Waals surface area (Å²) in [6.07, 6.45) is -0.210. The van der Waals surface area contributed by atoms with Crippen molar-refractivity contribution >= 4 is 23.3 Å². The molecule has 1 saturated heterocycles. The first-order valence-electron chi connectivity index (χ1n) is 8.86.